The van der Waals surface area contributed by atoms with Crippen LogP contribution in [0.3, 0.4) is 0 Å². The molecule has 0 aliphatic rings. The molecule has 0 spiro atoms. The number of hydrogen-bond donors (Lipinski definition) is 2. The molecule has 5 nitrogen and oxygen atoms in total. The van der Waals surface area contributed by atoms with Crippen LogP contribution in [0, 0.1) is 6.92 Å². The maximum absolute atomic E-state index is 12.1. The number of amides is 1. The summed E-state index contributed by atoms with van der Waals surface area (Å²) < 4.78 is 10.4. The molecule has 24 heavy (non-hydrogen) atoms. The molecule has 0 bridgehead atoms. The Morgan fingerprint density at radius 2 is 1.88 bits per heavy atom. The largest absolute Gasteiger partial charge is 0.493 e. The number of halogens is 1. The number of hydrogen-bond acceptors (Lipinski definition) is 4. The second-order valence-corrected chi connectivity index (χ2v) is 5.61. The summed E-state index contributed by atoms with van der Waals surface area (Å²) in [7, 11) is 3.13. The monoisotopic (exact) mass is 348 g/mol. The van der Waals surface area contributed by atoms with Crippen molar-refractivity contribution in [3.05, 3.63) is 47.0 Å². The third kappa shape index (κ3) is 4.55. The summed E-state index contributed by atoms with van der Waals surface area (Å²) in [5.41, 5.74) is 2.57. The van der Waals surface area contributed by atoms with Crippen molar-refractivity contribution in [3.63, 3.8) is 0 Å². The van der Waals surface area contributed by atoms with E-state index in [1.165, 1.54) is 0 Å². The second kappa shape index (κ2) is 8.45. The van der Waals surface area contributed by atoms with Gasteiger partial charge in [-0.15, -0.1) is 0 Å². The first-order valence-corrected chi connectivity index (χ1v) is 7.93. The molecule has 0 radical (unpaired) electrons. The average Bonchev–Trinajstić information content (AvgIpc) is 2.58. The van der Waals surface area contributed by atoms with Crippen LogP contribution < -0.4 is 20.1 Å². The average molecular weight is 349 g/mol. The molecular weight excluding hydrogens is 328 g/mol. The standard InChI is InChI=1S/C18H21ClN2O3/c1-12-14(19)5-4-6-15(12)20-10-9-18(22)21-13-7-8-16(23-2)17(11-13)24-3/h4-8,11,20H,9-10H2,1-3H3,(H,21,22). The normalized spacial score (nSPS) is 10.2. The second-order valence-electron chi connectivity index (χ2n) is 5.21. The van der Waals surface area contributed by atoms with Crippen molar-refractivity contribution in [2.45, 2.75) is 13.3 Å². The predicted octanol–water partition coefficient (Wildman–Crippen LogP) is 4.11. The van der Waals surface area contributed by atoms with Gasteiger partial charge in [0.2, 0.25) is 5.91 Å². The van der Waals surface area contributed by atoms with Gasteiger partial charge in [0.05, 0.1) is 14.2 Å². The summed E-state index contributed by atoms with van der Waals surface area (Å²) in [6, 6.07) is 10.9. The molecule has 0 unspecified atom stereocenters. The molecule has 1 amide bonds. The number of rotatable bonds is 7. The lowest BCUT2D eigenvalue weighted by atomic mass is 10.2. The topological polar surface area (TPSA) is 59.6 Å². The van der Waals surface area contributed by atoms with Crippen LogP contribution in [0.2, 0.25) is 5.02 Å². The number of carbonyl (C=O) groups is 1. The first-order valence-electron chi connectivity index (χ1n) is 7.56. The molecule has 0 aliphatic heterocycles. The minimum atomic E-state index is -0.0885. The van der Waals surface area contributed by atoms with E-state index in [9.17, 15) is 4.79 Å². The van der Waals surface area contributed by atoms with E-state index in [1.54, 1.807) is 32.4 Å². The SMILES string of the molecule is COc1ccc(NC(=O)CCNc2cccc(Cl)c2C)cc1OC. The zero-order valence-corrected chi connectivity index (χ0v) is 14.7. The van der Waals surface area contributed by atoms with Crippen molar-refractivity contribution in [1.82, 2.24) is 0 Å². The molecular formula is C18H21ClN2O3. The quantitative estimate of drug-likeness (QED) is 0.790. The van der Waals surface area contributed by atoms with E-state index in [4.69, 9.17) is 21.1 Å². The third-order valence-electron chi connectivity index (χ3n) is 3.60. The van der Waals surface area contributed by atoms with Gasteiger partial charge in [-0.2, -0.15) is 0 Å². The summed E-state index contributed by atoms with van der Waals surface area (Å²) in [5.74, 6) is 1.10. The molecule has 2 rings (SSSR count). The number of methoxy groups -OCH3 is 2. The maximum atomic E-state index is 12.1. The molecule has 2 N–H and O–H groups in total. The molecule has 0 saturated heterocycles. The summed E-state index contributed by atoms with van der Waals surface area (Å²) >= 11 is 6.07. The predicted molar refractivity (Wildman–Crippen MR) is 97.5 cm³/mol. The lowest BCUT2D eigenvalue weighted by Gasteiger charge is -2.12. The van der Waals surface area contributed by atoms with Gasteiger partial charge in [0, 0.05) is 35.4 Å². The van der Waals surface area contributed by atoms with Gasteiger partial charge >= 0.3 is 0 Å². The molecule has 0 atom stereocenters. The molecule has 128 valence electrons. The Balaban J connectivity index is 1.88. The number of ether oxygens (including phenoxy) is 2. The first-order chi connectivity index (χ1) is 11.5. The Kier molecular flexibility index (Phi) is 6.32. The molecule has 0 aromatic heterocycles. The van der Waals surface area contributed by atoms with Crippen LogP contribution in [0.4, 0.5) is 11.4 Å². The fourth-order valence-corrected chi connectivity index (χ4v) is 2.42. The van der Waals surface area contributed by atoms with Crippen molar-refractivity contribution in [2.75, 3.05) is 31.4 Å². The van der Waals surface area contributed by atoms with Crippen LogP contribution in [-0.4, -0.2) is 26.7 Å². The molecule has 0 fully saturated rings. The van der Waals surface area contributed by atoms with E-state index in [0.717, 1.165) is 11.3 Å². The van der Waals surface area contributed by atoms with Gasteiger partial charge in [-0.1, -0.05) is 17.7 Å². The lowest BCUT2D eigenvalue weighted by Crippen LogP contribution is -2.16. The van der Waals surface area contributed by atoms with Gasteiger partial charge in [0.25, 0.3) is 0 Å². The Morgan fingerprint density at radius 3 is 2.58 bits per heavy atom. The van der Waals surface area contributed by atoms with E-state index in [2.05, 4.69) is 10.6 Å². The maximum Gasteiger partial charge on any atom is 0.226 e. The van der Waals surface area contributed by atoms with Gasteiger partial charge in [0.15, 0.2) is 11.5 Å². The van der Waals surface area contributed by atoms with Crippen molar-refractivity contribution >= 4 is 28.9 Å². The minimum Gasteiger partial charge on any atom is -0.493 e. The lowest BCUT2D eigenvalue weighted by molar-refractivity contribution is -0.115. The van der Waals surface area contributed by atoms with Gasteiger partial charge in [-0.3, -0.25) is 4.79 Å². The van der Waals surface area contributed by atoms with Crippen LogP contribution in [0.5, 0.6) is 11.5 Å². The summed E-state index contributed by atoms with van der Waals surface area (Å²) in [6.07, 6.45) is 0.334. The van der Waals surface area contributed by atoms with E-state index >= 15 is 0 Å². The van der Waals surface area contributed by atoms with Crippen LogP contribution in [0.1, 0.15) is 12.0 Å². The molecule has 2 aromatic rings. The number of benzene rings is 2. The molecule has 0 saturated carbocycles. The Labute approximate surface area is 146 Å². The molecule has 6 heteroatoms. The Morgan fingerprint density at radius 1 is 1.12 bits per heavy atom. The highest BCUT2D eigenvalue weighted by Crippen LogP contribution is 2.29. The highest BCUT2D eigenvalue weighted by Gasteiger charge is 2.08. The van der Waals surface area contributed by atoms with Crippen LogP contribution in [0.25, 0.3) is 0 Å². The van der Waals surface area contributed by atoms with Gasteiger partial charge in [-0.05, 0) is 36.8 Å². The van der Waals surface area contributed by atoms with Crippen LogP contribution in [0.15, 0.2) is 36.4 Å². The summed E-state index contributed by atoms with van der Waals surface area (Å²) in [5, 5.41) is 6.76. The van der Waals surface area contributed by atoms with Crippen LogP contribution in [-0.2, 0) is 4.79 Å². The smallest absolute Gasteiger partial charge is 0.226 e. The van der Waals surface area contributed by atoms with E-state index in [1.807, 2.05) is 25.1 Å². The highest BCUT2D eigenvalue weighted by molar-refractivity contribution is 6.31. The Hall–Kier alpha value is -2.40. The van der Waals surface area contributed by atoms with E-state index in [-0.39, 0.29) is 5.91 Å². The number of carbonyl (C=O) groups excluding carboxylic acids is 1. The fraction of sp³-hybridized carbons (Fsp3) is 0.278. The van der Waals surface area contributed by atoms with Gasteiger partial charge < -0.3 is 20.1 Å². The van der Waals surface area contributed by atoms with Crippen molar-refractivity contribution in [2.24, 2.45) is 0 Å². The Bertz CT molecular complexity index is 719. The third-order valence-corrected chi connectivity index (χ3v) is 4.01. The summed E-state index contributed by atoms with van der Waals surface area (Å²) in [6.45, 7) is 2.45. The zero-order valence-electron chi connectivity index (χ0n) is 14.0. The van der Waals surface area contributed by atoms with Crippen molar-refractivity contribution in [3.8, 4) is 11.5 Å². The van der Waals surface area contributed by atoms with E-state index in [0.29, 0.717) is 35.2 Å². The molecule has 0 heterocycles. The fourth-order valence-electron chi connectivity index (χ4n) is 2.25. The summed E-state index contributed by atoms with van der Waals surface area (Å²) in [4.78, 5) is 12.1. The minimum absolute atomic E-state index is 0.0885. The highest BCUT2D eigenvalue weighted by atomic mass is 35.5. The zero-order chi connectivity index (χ0) is 17.5. The van der Waals surface area contributed by atoms with Gasteiger partial charge in [0.1, 0.15) is 0 Å². The van der Waals surface area contributed by atoms with Crippen molar-refractivity contribution < 1.29 is 14.3 Å². The molecule has 0 aliphatic carbocycles. The van der Waals surface area contributed by atoms with Gasteiger partial charge in [-0.25, -0.2) is 0 Å². The first kappa shape index (κ1) is 17.9. The number of nitrogens with one attached hydrogen (secondary N) is 2. The van der Waals surface area contributed by atoms with E-state index < -0.39 is 0 Å². The van der Waals surface area contributed by atoms with Crippen LogP contribution >= 0.6 is 11.6 Å². The number of anilines is 2. The van der Waals surface area contributed by atoms with Crippen molar-refractivity contribution in [1.29, 1.82) is 0 Å². The molecule has 2 aromatic carbocycles.